The van der Waals surface area contributed by atoms with Gasteiger partial charge >= 0.3 is 6.18 Å². The molecule has 0 amide bonds. The smallest absolute Gasteiger partial charge is 0.377 e. The number of anilines is 1. The van der Waals surface area contributed by atoms with Crippen LogP contribution in [0.5, 0.6) is 0 Å². The van der Waals surface area contributed by atoms with E-state index in [1.54, 1.807) is 20.8 Å². The monoisotopic (exact) mass is 289 g/mol. The average molecular weight is 289 g/mol. The summed E-state index contributed by atoms with van der Waals surface area (Å²) in [5, 5.41) is 3.05. The number of aryl methyl sites for hydroxylation is 1. The maximum Gasteiger partial charge on any atom is 0.416 e. The largest absolute Gasteiger partial charge is 0.416 e. The fourth-order valence-corrected chi connectivity index (χ4v) is 1.95. The molecule has 0 spiro atoms. The molecule has 0 saturated carbocycles. The molecule has 1 aliphatic rings. The minimum atomic E-state index is -4.34. The molecule has 3 nitrogen and oxygen atoms in total. The van der Waals surface area contributed by atoms with Crippen LogP contribution in [0, 0.1) is 6.92 Å². The number of hydrogen-bond acceptors (Lipinski definition) is 3. The Bertz CT molecular complexity index is 476. The van der Waals surface area contributed by atoms with Crippen molar-refractivity contribution in [1.82, 2.24) is 0 Å². The van der Waals surface area contributed by atoms with Gasteiger partial charge in [-0.2, -0.15) is 13.2 Å². The normalized spacial score (nSPS) is 19.9. The minimum absolute atomic E-state index is 0.162. The zero-order valence-corrected chi connectivity index (χ0v) is 11.7. The van der Waals surface area contributed by atoms with Gasteiger partial charge in [0.25, 0.3) is 0 Å². The van der Waals surface area contributed by atoms with Crippen molar-refractivity contribution < 1.29 is 22.6 Å². The van der Waals surface area contributed by atoms with E-state index in [9.17, 15) is 13.2 Å². The first kappa shape index (κ1) is 15.1. The lowest BCUT2D eigenvalue weighted by Crippen LogP contribution is -2.45. The standard InChI is InChI=1S/C14H18F3NO2/c1-9-4-5-10(14(15,16)17)6-12(9)18-11-7-19-13(2,3)20-8-11/h4-6,11,18H,7-8H2,1-3H3. The SMILES string of the molecule is Cc1ccc(C(F)(F)F)cc1NC1COC(C)(C)OC1. The van der Waals surface area contributed by atoms with Gasteiger partial charge in [-0.3, -0.25) is 0 Å². The summed E-state index contributed by atoms with van der Waals surface area (Å²) in [5.41, 5.74) is 0.545. The highest BCUT2D eigenvalue weighted by atomic mass is 19.4. The van der Waals surface area contributed by atoms with Gasteiger partial charge < -0.3 is 14.8 Å². The molecule has 1 aromatic rings. The number of halogens is 3. The molecule has 1 fully saturated rings. The first-order valence-corrected chi connectivity index (χ1v) is 6.40. The average Bonchev–Trinajstić information content (AvgIpc) is 2.33. The van der Waals surface area contributed by atoms with Crippen molar-refractivity contribution in [1.29, 1.82) is 0 Å². The topological polar surface area (TPSA) is 30.5 Å². The van der Waals surface area contributed by atoms with E-state index in [2.05, 4.69) is 5.32 Å². The Balaban J connectivity index is 2.10. The molecule has 0 aromatic heterocycles. The number of ether oxygens (including phenoxy) is 2. The van der Waals surface area contributed by atoms with Crippen molar-refractivity contribution in [3.8, 4) is 0 Å². The lowest BCUT2D eigenvalue weighted by atomic mass is 10.1. The van der Waals surface area contributed by atoms with Crippen molar-refractivity contribution in [2.45, 2.75) is 38.8 Å². The highest BCUT2D eigenvalue weighted by Gasteiger charge is 2.32. The number of rotatable bonds is 2. The molecule has 6 heteroatoms. The van der Waals surface area contributed by atoms with E-state index in [1.807, 2.05) is 0 Å². The third-order valence-electron chi connectivity index (χ3n) is 3.19. The van der Waals surface area contributed by atoms with Gasteiger partial charge in [-0.15, -0.1) is 0 Å². The molecule has 1 N–H and O–H groups in total. The Labute approximate surface area is 116 Å². The van der Waals surface area contributed by atoms with Crippen molar-refractivity contribution >= 4 is 5.69 Å². The third-order valence-corrected chi connectivity index (χ3v) is 3.19. The van der Waals surface area contributed by atoms with Crippen LogP contribution < -0.4 is 5.32 Å². The fourth-order valence-electron chi connectivity index (χ4n) is 1.95. The fraction of sp³-hybridized carbons (Fsp3) is 0.571. The summed E-state index contributed by atoms with van der Waals surface area (Å²) in [6.45, 7) is 6.15. The van der Waals surface area contributed by atoms with Crippen LogP contribution in [0.3, 0.4) is 0 Å². The van der Waals surface area contributed by atoms with Crippen LogP contribution >= 0.6 is 0 Å². The summed E-state index contributed by atoms with van der Waals surface area (Å²) >= 11 is 0. The molecule has 112 valence electrons. The lowest BCUT2D eigenvalue weighted by Gasteiger charge is -2.35. The molecule has 0 aliphatic carbocycles. The van der Waals surface area contributed by atoms with E-state index in [0.717, 1.165) is 17.7 Å². The molecule has 1 aliphatic heterocycles. The first-order valence-electron chi connectivity index (χ1n) is 6.40. The van der Waals surface area contributed by atoms with Gasteiger partial charge in [0, 0.05) is 5.69 Å². The van der Waals surface area contributed by atoms with E-state index in [0.29, 0.717) is 18.9 Å². The van der Waals surface area contributed by atoms with E-state index >= 15 is 0 Å². The number of nitrogens with one attached hydrogen (secondary N) is 1. The van der Waals surface area contributed by atoms with Crippen LogP contribution in [-0.4, -0.2) is 25.0 Å². The van der Waals surface area contributed by atoms with Crippen LogP contribution in [0.15, 0.2) is 18.2 Å². The second-order valence-electron chi connectivity index (χ2n) is 5.39. The molecule has 0 bridgehead atoms. The second-order valence-corrected chi connectivity index (χ2v) is 5.39. The lowest BCUT2D eigenvalue weighted by molar-refractivity contribution is -0.247. The molecule has 1 aromatic carbocycles. The Kier molecular flexibility index (Phi) is 3.97. The Hall–Kier alpha value is -1.27. The maximum atomic E-state index is 12.7. The zero-order chi connectivity index (χ0) is 15.0. The van der Waals surface area contributed by atoms with E-state index in [4.69, 9.17) is 9.47 Å². The van der Waals surface area contributed by atoms with E-state index in [-0.39, 0.29) is 6.04 Å². The van der Waals surface area contributed by atoms with Gasteiger partial charge in [0.1, 0.15) is 0 Å². The van der Waals surface area contributed by atoms with Crippen LogP contribution in [0.1, 0.15) is 25.0 Å². The zero-order valence-electron chi connectivity index (χ0n) is 11.7. The van der Waals surface area contributed by atoms with Gasteiger partial charge in [-0.1, -0.05) is 6.07 Å². The third kappa shape index (κ3) is 3.64. The number of hydrogen-bond donors (Lipinski definition) is 1. The predicted octanol–water partition coefficient (Wildman–Crippen LogP) is 3.58. The molecule has 0 atom stereocenters. The van der Waals surface area contributed by atoms with Crippen molar-refractivity contribution in [2.75, 3.05) is 18.5 Å². The molecular weight excluding hydrogens is 271 g/mol. The number of benzene rings is 1. The first-order chi connectivity index (χ1) is 9.17. The highest BCUT2D eigenvalue weighted by Crippen LogP contribution is 2.32. The van der Waals surface area contributed by atoms with Gasteiger partial charge in [-0.25, -0.2) is 0 Å². The van der Waals surface area contributed by atoms with Crippen molar-refractivity contribution in [2.24, 2.45) is 0 Å². The Morgan fingerprint density at radius 2 is 1.80 bits per heavy atom. The van der Waals surface area contributed by atoms with E-state index in [1.165, 1.54) is 6.07 Å². The highest BCUT2D eigenvalue weighted by molar-refractivity contribution is 5.54. The summed E-state index contributed by atoms with van der Waals surface area (Å²) in [5.74, 6) is -0.638. The second kappa shape index (κ2) is 5.26. The molecule has 0 radical (unpaired) electrons. The Morgan fingerprint density at radius 1 is 1.20 bits per heavy atom. The summed E-state index contributed by atoms with van der Waals surface area (Å²) < 4.78 is 49.1. The molecule has 0 unspecified atom stereocenters. The predicted molar refractivity (Wildman–Crippen MR) is 69.6 cm³/mol. The summed E-state index contributed by atoms with van der Waals surface area (Å²) in [6, 6.07) is 3.50. The van der Waals surface area contributed by atoms with Crippen molar-refractivity contribution in [3.63, 3.8) is 0 Å². The molecule has 2 rings (SSSR count). The van der Waals surface area contributed by atoms with Crippen molar-refractivity contribution in [3.05, 3.63) is 29.3 Å². The molecule has 1 heterocycles. The van der Waals surface area contributed by atoms with Gasteiger partial charge in [0.15, 0.2) is 5.79 Å². The molecule has 1 saturated heterocycles. The molecular formula is C14H18F3NO2. The van der Waals surface area contributed by atoms with Gasteiger partial charge in [0.2, 0.25) is 0 Å². The van der Waals surface area contributed by atoms with Gasteiger partial charge in [0.05, 0.1) is 24.8 Å². The molecule has 20 heavy (non-hydrogen) atoms. The quantitative estimate of drug-likeness (QED) is 0.902. The van der Waals surface area contributed by atoms with Crippen LogP contribution in [0.4, 0.5) is 18.9 Å². The number of alkyl halides is 3. The van der Waals surface area contributed by atoms with Crippen LogP contribution in [-0.2, 0) is 15.7 Å². The van der Waals surface area contributed by atoms with Crippen LogP contribution in [0.2, 0.25) is 0 Å². The maximum absolute atomic E-state index is 12.7. The summed E-state index contributed by atoms with van der Waals surface area (Å²) in [7, 11) is 0. The van der Waals surface area contributed by atoms with E-state index < -0.39 is 17.5 Å². The van der Waals surface area contributed by atoms with Crippen LogP contribution in [0.25, 0.3) is 0 Å². The Morgan fingerprint density at radius 3 is 2.35 bits per heavy atom. The minimum Gasteiger partial charge on any atom is -0.377 e. The summed E-state index contributed by atoms with van der Waals surface area (Å²) in [6.07, 6.45) is -4.34. The summed E-state index contributed by atoms with van der Waals surface area (Å²) in [4.78, 5) is 0. The van der Waals surface area contributed by atoms with Gasteiger partial charge in [-0.05, 0) is 38.5 Å².